The lowest BCUT2D eigenvalue weighted by Gasteiger charge is -2.21. The first-order valence-corrected chi connectivity index (χ1v) is 12.0. The van der Waals surface area contributed by atoms with E-state index in [1.54, 1.807) is 28.8 Å². The average Bonchev–Trinajstić information content (AvgIpc) is 3.12. The lowest BCUT2D eigenvalue weighted by Crippen LogP contribution is -2.33. The topological polar surface area (TPSA) is 88.9 Å². The van der Waals surface area contributed by atoms with E-state index in [2.05, 4.69) is 20.8 Å². The van der Waals surface area contributed by atoms with Crippen LogP contribution >= 0.6 is 35.0 Å². The zero-order valence-corrected chi connectivity index (χ0v) is 21.1. The fraction of sp³-hybridized carbons (Fsp3) is 0.304. The van der Waals surface area contributed by atoms with Gasteiger partial charge in [-0.25, -0.2) is 0 Å². The highest BCUT2D eigenvalue weighted by Gasteiger charge is 2.25. The number of nitrogens with one attached hydrogen (secondary N) is 2. The number of carbonyl (C=O) groups excluding carboxylic acids is 2. The van der Waals surface area contributed by atoms with Gasteiger partial charge >= 0.3 is 0 Å². The molecule has 3 aromatic rings. The molecule has 0 bridgehead atoms. The maximum atomic E-state index is 12.8. The van der Waals surface area contributed by atoms with Gasteiger partial charge in [0.05, 0.1) is 22.5 Å². The Balaban J connectivity index is 1.67. The molecule has 0 aliphatic rings. The average molecular weight is 506 g/mol. The van der Waals surface area contributed by atoms with E-state index in [4.69, 9.17) is 23.2 Å². The first-order valence-electron chi connectivity index (χ1n) is 10.3. The molecule has 0 aliphatic carbocycles. The van der Waals surface area contributed by atoms with E-state index < -0.39 is 0 Å². The monoisotopic (exact) mass is 505 g/mol. The van der Waals surface area contributed by atoms with Crippen molar-refractivity contribution in [3.8, 4) is 0 Å². The summed E-state index contributed by atoms with van der Waals surface area (Å²) in [5, 5.41) is 15.8. The molecular formula is C23H25Cl2N5O2S. The molecular weight excluding hydrogens is 481 g/mol. The minimum Gasteiger partial charge on any atom is -0.342 e. The first kappa shape index (κ1) is 25.1. The molecule has 2 N–H and O–H groups in total. The Kier molecular flexibility index (Phi) is 8.40. The summed E-state index contributed by atoms with van der Waals surface area (Å²) >= 11 is 13.2. The first-order chi connectivity index (χ1) is 15.7. The normalized spacial score (nSPS) is 12.0. The third-order valence-corrected chi connectivity index (χ3v) is 6.49. The van der Waals surface area contributed by atoms with Crippen LogP contribution < -0.4 is 10.6 Å². The van der Waals surface area contributed by atoms with Crippen molar-refractivity contribution in [2.24, 2.45) is 13.0 Å². The van der Waals surface area contributed by atoms with E-state index in [-0.39, 0.29) is 29.5 Å². The number of hydrogen-bond donors (Lipinski definition) is 2. The van der Waals surface area contributed by atoms with E-state index in [9.17, 15) is 9.59 Å². The zero-order chi connectivity index (χ0) is 24.1. The summed E-state index contributed by atoms with van der Waals surface area (Å²) in [7, 11) is 1.82. The number of thioether (sulfide) groups is 1. The summed E-state index contributed by atoms with van der Waals surface area (Å²) < 4.78 is 1.80. The fourth-order valence-corrected chi connectivity index (χ4v) is 4.34. The van der Waals surface area contributed by atoms with Crippen LogP contribution in [0.1, 0.15) is 41.6 Å². The van der Waals surface area contributed by atoms with E-state index in [1.807, 2.05) is 46.0 Å². The molecule has 10 heteroatoms. The van der Waals surface area contributed by atoms with Crippen molar-refractivity contribution < 1.29 is 9.59 Å². The van der Waals surface area contributed by atoms with Crippen molar-refractivity contribution in [2.45, 2.75) is 32.0 Å². The number of benzene rings is 2. The molecule has 0 saturated heterocycles. The number of amides is 2. The largest absolute Gasteiger partial charge is 0.342 e. The lowest BCUT2D eigenvalue weighted by molar-refractivity contribution is -0.113. The molecule has 3 rings (SSSR count). The van der Waals surface area contributed by atoms with Crippen molar-refractivity contribution in [3.05, 3.63) is 69.5 Å². The van der Waals surface area contributed by atoms with Gasteiger partial charge in [0.15, 0.2) is 11.0 Å². The molecule has 33 heavy (non-hydrogen) atoms. The molecule has 0 radical (unpaired) electrons. The lowest BCUT2D eigenvalue weighted by atomic mass is 10.0. The molecule has 0 aliphatic heterocycles. The van der Waals surface area contributed by atoms with Crippen LogP contribution in [0, 0.1) is 12.8 Å². The van der Waals surface area contributed by atoms with Crippen molar-refractivity contribution in [3.63, 3.8) is 0 Å². The van der Waals surface area contributed by atoms with Crippen LogP contribution in [-0.2, 0) is 11.8 Å². The third kappa shape index (κ3) is 6.50. The van der Waals surface area contributed by atoms with Crippen LogP contribution in [0.5, 0.6) is 0 Å². The number of hydrogen-bond acceptors (Lipinski definition) is 5. The van der Waals surface area contributed by atoms with Crippen molar-refractivity contribution in [2.75, 3.05) is 11.1 Å². The second kappa shape index (κ2) is 11.0. The molecule has 7 nitrogen and oxygen atoms in total. The van der Waals surface area contributed by atoms with Crippen LogP contribution in [0.3, 0.4) is 0 Å². The Labute approximate surface area is 207 Å². The van der Waals surface area contributed by atoms with Crippen LogP contribution in [-0.4, -0.2) is 32.3 Å². The zero-order valence-electron chi connectivity index (χ0n) is 18.7. The molecule has 174 valence electrons. The highest BCUT2D eigenvalue weighted by atomic mass is 35.5. The number of carbonyl (C=O) groups is 2. The number of rotatable bonds is 8. The van der Waals surface area contributed by atoms with Gasteiger partial charge in [0.1, 0.15) is 0 Å². The summed E-state index contributed by atoms with van der Waals surface area (Å²) in [6.45, 7) is 5.96. The highest BCUT2D eigenvalue weighted by Crippen LogP contribution is 2.27. The minimum absolute atomic E-state index is 0.0786. The highest BCUT2D eigenvalue weighted by molar-refractivity contribution is 7.99. The molecule has 1 aromatic heterocycles. The summed E-state index contributed by atoms with van der Waals surface area (Å²) in [5.74, 6) is 0.410. The van der Waals surface area contributed by atoms with Crippen LogP contribution in [0.4, 0.5) is 5.69 Å². The number of nitrogens with zero attached hydrogens (tertiary/aromatic N) is 3. The van der Waals surface area contributed by atoms with Gasteiger partial charge < -0.3 is 15.2 Å². The number of aromatic nitrogens is 3. The summed E-state index contributed by atoms with van der Waals surface area (Å²) in [5.41, 5.74) is 2.10. The van der Waals surface area contributed by atoms with Gasteiger partial charge in [0.2, 0.25) is 5.91 Å². The summed E-state index contributed by atoms with van der Waals surface area (Å²) in [6, 6.07) is 12.0. The van der Waals surface area contributed by atoms with Crippen LogP contribution in [0.25, 0.3) is 0 Å². The number of anilines is 1. The summed E-state index contributed by atoms with van der Waals surface area (Å²) in [4.78, 5) is 25.2. The van der Waals surface area contributed by atoms with Gasteiger partial charge in [-0.2, -0.15) is 0 Å². The van der Waals surface area contributed by atoms with E-state index >= 15 is 0 Å². The maximum absolute atomic E-state index is 12.8. The van der Waals surface area contributed by atoms with Gasteiger partial charge in [-0.05, 0) is 43.2 Å². The van der Waals surface area contributed by atoms with Gasteiger partial charge in [0, 0.05) is 17.6 Å². The van der Waals surface area contributed by atoms with Gasteiger partial charge in [-0.1, -0.05) is 66.5 Å². The molecule has 0 fully saturated rings. The van der Waals surface area contributed by atoms with Crippen LogP contribution in [0.2, 0.25) is 10.0 Å². The Bertz CT molecular complexity index is 1170. The van der Waals surface area contributed by atoms with E-state index in [1.165, 1.54) is 11.8 Å². The van der Waals surface area contributed by atoms with E-state index in [0.717, 1.165) is 5.56 Å². The fourth-order valence-electron chi connectivity index (χ4n) is 3.17. The number of aryl methyl sites for hydroxylation is 1. The Morgan fingerprint density at radius 3 is 2.55 bits per heavy atom. The smallest absolute Gasteiger partial charge is 0.251 e. The summed E-state index contributed by atoms with van der Waals surface area (Å²) in [6.07, 6.45) is 0. The second-order valence-electron chi connectivity index (χ2n) is 7.93. The van der Waals surface area contributed by atoms with Crippen LogP contribution in [0.15, 0.2) is 47.6 Å². The molecule has 1 atom stereocenters. The molecule has 2 aromatic carbocycles. The van der Waals surface area contributed by atoms with Gasteiger partial charge in [0.25, 0.3) is 5.91 Å². The van der Waals surface area contributed by atoms with Crippen molar-refractivity contribution >= 4 is 52.5 Å². The standard InChI is InChI=1S/C23H25Cl2N5O2S/c1-13(2)20(27-22(32)15-7-5-6-14(3)10-15)21-28-29-23(30(21)4)33-12-19(31)26-18-9-8-16(24)11-17(18)25/h5-11,13,20H,12H2,1-4H3,(H,26,31)(H,27,32)/t20-/m1/s1. The predicted octanol–water partition coefficient (Wildman–Crippen LogP) is 5.29. The molecule has 0 saturated carbocycles. The Hall–Kier alpha value is -2.55. The molecule has 0 unspecified atom stereocenters. The van der Waals surface area contributed by atoms with Gasteiger partial charge in [-0.3, -0.25) is 9.59 Å². The molecule has 0 spiro atoms. The second-order valence-corrected chi connectivity index (χ2v) is 9.71. The SMILES string of the molecule is Cc1cccc(C(=O)N[C@@H](c2nnc(SCC(=O)Nc3ccc(Cl)cc3Cl)n2C)C(C)C)c1. The van der Waals surface area contributed by atoms with E-state index in [0.29, 0.717) is 32.3 Å². The van der Waals surface area contributed by atoms with Gasteiger partial charge in [-0.15, -0.1) is 10.2 Å². The Morgan fingerprint density at radius 1 is 1.12 bits per heavy atom. The molecule has 2 amide bonds. The Morgan fingerprint density at radius 2 is 1.88 bits per heavy atom. The van der Waals surface area contributed by atoms with Crippen molar-refractivity contribution in [1.82, 2.24) is 20.1 Å². The quantitative estimate of drug-likeness (QED) is 0.406. The number of halogens is 2. The molecule has 1 heterocycles. The third-order valence-electron chi connectivity index (χ3n) is 4.92. The maximum Gasteiger partial charge on any atom is 0.251 e. The minimum atomic E-state index is -0.341. The predicted molar refractivity (Wildman–Crippen MR) is 133 cm³/mol. The van der Waals surface area contributed by atoms with Crippen molar-refractivity contribution in [1.29, 1.82) is 0 Å².